The molecule has 0 aromatic carbocycles. The topological polar surface area (TPSA) is 42.7 Å². The van der Waals surface area contributed by atoms with Gasteiger partial charge in [-0.05, 0) is 38.1 Å². The Balaban J connectivity index is 1.75. The Hall–Kier alpha value is -0.900. The molecule has 1 aromatic heterocycles. The Labute approximate surface area is 116 Å². The van der Waals surface area contributed by atoms with E-state index < -0.39 is 0 Å². The summed E-state index contributed by atoms with van der Waals surface area (Å²) in [5.41, 5.74) is 0. The summed E-state index contributed by atoms with van der Waals surface area (Å²) >= 11 is 0. The predicted molar refractivity (Wildman–Crippen MR) is 75.9 cm³/mol. The van der Waals surface area contributed by atoms with E-state index in [1.165, 1.54) is 57.2 Å². The number of nitrogens with zero attached hydrogens (tertiary/aromatic N) is 3. The van der Waals surface area contributed by atoms with E-state index in [4.69, 9.17) is 0 Å². The van der Waals surface area contributed by atoms with Crippen molar-refractivity contribution < 1.29 is 0 Å². The maximum absolute atomic E-state index is 4.43. The lowest BCUT2D eigenvalue weighted by molar-refractivity contribution is 0.271. The van der Waals surface area contributed by atoms with Crippen LogP contribution in [0.2, 0.25) is 0 Å². The highest BCUT2D eigenvalue weighted by Crippen LogP contribution is 2.33. The molecule has 2 unspecified atom stereocenters. The van der Waals surface area contributed by atoms with Crippen LogP contribution < -0.4 is 5.32 Å². The molecule has 1 aromatic rings. The van der Waals surface area contributed by atoms with Gasteiger partial charge in [-0.25, -0.2) is 0 Å². The van der Waals surface area contributed by atoms with Gasteiger partial charge in [-0.2, -0.15) is 0 Å². The van der Waals surface area contributed by atoms with Gasteiger partial charge >= 0.3 is 0 Å². The quantitative estimate of drug-likeness (QED) is 0.909. The van der Waals surface area contributed by atoms with Gasteiger partial charge < -0.3 is 9.88 Å². The smallest absolute Gasteiger partial charge is 0.150 e. The Kier molecular flexibility index (Phi) is 4.16. The molecule has 1 saturated carbocycles. The fraction of sp³-hybridized carbons (Fsp3) is 0.867. The van der Waals surface area contributed by atoms with E-state index in [1.54, 1.807) is 0 Å². The van der Waals surface area contributed by atoms with Crippen molar-refractivity contribution in [3.05, 3.63) is 12.2 Å². The van der Waals surface area contributed by atoms with Crippen molar-refractivity contribution in [2.75, 3.05) is 6.54 Å². The molecule has 4 heteroatoms. The number of piperidine rings is 1. The van der Waals surface area contributed by atoms with Crippen LogP contribution in [0.5, 0.6) is 0 Å². The van der Waals surface area contributed by atoms with Crippen molar-refractivity contribution in [3.8, 4) is 0 Å². The third kappa shape index (κ3) is 2.83. The van der Waals surface area contributed by atoms with E-state index in [2.05, 4.69) is 27.0 Å². The summed E-state index contributed by atoms with van der Waals surface area (Å²) in [4.78, 5) is 0. The Bertz CT molecular complexity index is 395. The van der Waals surface area contributed by atoms with E-state index in [0.29, 0.717) is 12.1 Å². The van der Waals surface area contributed by atoms with Crippen molar-refractivity contribution in [1.29, 1.82) is 0 Å². The molecule has 0 bridgehead atoms. The van der Waals surface area contributed by atoms with E-state index in [9.17, 15) is 0 Å². The van der Waals surface area contributed by atoms with Gasteiger partial charge in [0.1, 0.15) is 12.2 Å². The molecular formula is C15H26N4. The standard InChI is InChI=1S/C15H26N4/c1-2-12-8-9-16-14(10-12)15-18-17-11-19(15)13-6-4-3-5-7-13/h11-14,16H,2-10H2,1H3. The molecule has 2 atom stereocenters. The molecule has 19 heavy (non-hydrogen) atoms. The van der Waals surface area contributed by atoms with E-state index in [-0.39, 0.29) is 0 Å². The number of nitrogens with one attached hydrogen (secondary N) is 1. The zero-order valence-electron chi connectivity index (χ0n) is 12.0. The largest absolute Gasteiger partial charge is 0.313 e. The molecule has 1 aliphatic heterocycles. The second-order valence-electron chi connectivity index (χ2n) is 6.19. The zero-order chi connectivity index (χ0) is 13.1. The van der Waals surface area contributed by atoms with Crippen molar-refractivity contribution in [2.45, 2.75) is 70.4 Å². The first kappa shape index (κ1) is 13.1. The van der Waals surface area contributed by atoms with Crippen LogP contribution >= 0.6 is 0 Å². The molecular weight excluding hydrogens is 236 g/mol. The maximum Gasteiger partial charge on any atom is 0.150 e. The molecule has 2 aliphatic rings. The Morgan fingerprint density at radius 1 is 1.26 bits per heavy atom. The molecule has 4 nitrogen and oxygen atoms in total. The highest BCUT2D eigenvalue weighted by Gasteiger charge is 2.27. The molecule has 1 aliphatic carbocycles. The highest BCUT2D eigenvalue weighted by molar-refractivity contribution is 5.00. The molecule has 0 amide bonds. The molecule has 2 fully saturated rings. The van der Waals surface area contributed by atoms with E-state index in [0.717, 1.165) is 12.5 Å². The molecule has 0 spiro atoms. The van der Waals surface area contributed by atoms with Gasteiger partial charge in [0.2, 0.25) is 0 Å². The molecule has 3 rings (SSSR count). The van der Waals surface area contributed by atoms with Crippen LogP contribution in [0, 0.1) is 5.92 Å². The van der Waals surface area contributed by atoms with Crippen molar-refractivity contribution in [2.24, 2.45) is 5.92 Å². The highest BCUT2D eigenvalue weighted by atomic mass is 15.3. The number of aromatic nitrogens is 3. The lowest BCUT2D eigenvalue weighted by Crippen LogP contribution is -2.34. The van der Waals surface area contributed by atoms with Gasteiger partial charge in [-0.15, -0.1) is 10.2 Å². The summed E-state index contributed by atoms with van der Waals surface area (Å²) in [6.45, 7) is 3.43. The van der Waals surface area contributed by atoms with Crippen LogP contribution in [0.3, 0.4) is 0 Å². The second-order valence-corrected chi connectivity index (χ2v) is 6.19. The van der Waals surface area contributed by atoms with Gasteiger partial charge in [0.15, 0.2) is 0 Å². The molecule has 1 saturated heterocycles. The van der Waals surface area contributed by atoms with E-state index in [1.807, 2.05) is 6.33 Å². The van der Waals surface area contributed by atoms with Gasteiger partial charge in [-0.1, -0.05) is 32.6 Å². The number of rotatable bonds is 3. The summed E-state index contributed by atoms with van der Waals surface area (Å²) in [6, 6.07) is 1.06. The molecule has 106 valence electrons. The van der Waals surface area contributed by atoms with Gasteiger partial charge in [0, 0.05) is 6.04 Å². The van der Waals surface area contributed by atoms with Crippen LogP contribution in [-0.4, -0.2) is 21.3 Å². The lowest BCUT2D eigenvalue weighted by Gasteiger charge is -2.31. The fourth-order valence-corrected chi connectivity index (χ4v) is 3.71. The summed E-state index contributed by atoms with van der Waals surface area (Å²) in [5, 5.41) is 12.3. The first-order chi connectivity index (χ1) is 9.38. The molecule has 2 heterocycles. The van der Waals surface area contributed by atoms with Gasteiger partial charge in [0.05, 0.1) is 6.04 Å². The average molecular weight is 262 g/mol. The second kappa shape index (κ2) is 6.04. The zero-order valence-corrected chi connectivity index (χ0v) is 12.0. The van der Waals surface area contributed by atoms with Crippen LogP contribution in [-0.2, 0) is 0 Å². The normalized spacial score (nSPS) is 29.5. The molecule has 1 N–H and O–H groups in total. The van der Waals surface area contributed by atoms with Crippen LogP contribution in [0.1, 0.15) is 76.2 Å². The van der Waals surface area contributed by atoms with Crippen LogP contribution in [0.15, 0.2) is 6.33 Å². The summed E-state index contributed by atoms with van der Waals surface area (Å²) < 4.78 is 2.37. The first-order valence-electron chi connectivity index (χ1n) is 8.01. The van der Waals surface area contributed by atoms with Crippen LogP contribution in [0.4, 0.5) is 0 Å². The SMILES string of the molecule is CCC1CCNC(c2nncn2C2CCCCC2)C1. The Morgan fingerprint density at radius 2 is 2.11 bits per heavy atom. The third-order valence-corrected chi connectivity index (χ3v) is 4.97. The number of hydrogen-bond acceptors (Lipinski definition) is 3. The monoisotopic (exact) mass is 262 g/mol. The first-order valence-corrected chi connectivity index (χ1v) is 8.01. The van der Waals surface area contributed by atoms with Crippen molar-refractivity contribution in [3.63, 3.8) is 0 Å². The van der Waals surface area contributed by atoms with E-state index >= 15 is 0 Å². The third-order valence-electron chi connectivity index (χ3n) is 4.97. The van der Waals surface area contributed by atoms with Crippen molar-refractivity contribution >= 4 is 0 Å². The minimum absolute atomic E-state index is 0.420. The lowest BCUT2D eigenvalue weighted by atomic mass is 9.89. The average Bonchev–Trinajstić information content (AvgIpc) is 2.98. The van der Waals surface area contributed by atoms with Gasteiger partial charge in [0.25, 0.3) is 0 Å². The van der Waals surface area contributed by atoms with Crippen LogP contribution in [0.25, 0.3) is 0 Å². The Morgan fingerprint density at radius 3 is 2.89 bits per heavy atom. The summed E-state index contributed by atoms with van der Waals surface area (Å²) in [5.74, 6) is 2.04. The minimum atomic E-state index is 0.420. The fourth-order valence-electron chi connectivity index (χ4n) is 3.71. The predicted octanol–water partition coefficient (Wildman–Crippen LogP) is 3.23. The number of hydrogen-bond donors (Lipinski definition) is 1. The van der Waals surface area contributed by atoms with Crippen molar-refractivity contribution in [1.82, 2.24) is 20.1 Å². The molecule has 0 radical (unpaired) electrons. The van der Waals surface area contributed by atoms with Gasteiger partial charge in [-0.3, -0.25) is 0 Å². The maximum atomic E-state index is 4.43. The summed E-state index contributed by atoms with van der Waals surface area (Å²) in [6.07, 6.45) is 12.5. The minimum Gasteiger partial charge on any atom is -0.313 e. The summed E-state index contributed by atoms with van der Waals surface area (Å²) in [7, 11) is 0.